The van der Waals surface area contributed by atoms with Crippen LogP contribution in [-0.4, -0.2) is 84.0 Å². The van der Waals surface area contributed by atoms with Crippen molar-refractivity contribution in [1.82, 2.24) is 34.1 Å². The number of nitrogens with one attached hydrogen (secondary N) is 1. The molecule has 4 aromatic rings. The molecule has 3 fully saturated rings. The molecule has 0 spiro atoms. The minimum Gasteiger partial charge on any atom is -0.397 e. The molecule has 0 amide bonds. The second-order valence-electron chi connectivity index (χ2n) is 10.2. The Morgan fingerprint density at radius 2 is 1.49 bits per heavy atom. The van der Waals surface area contributed by atoms with Crippen LogP contribution in [0.5, 0.6) is 0 Å². The van der Waals surface area contributed by atoms with Crippen LogP contribution in [-0.2, 0) is 36.7 Å². The fourth-order valence-corrected chi connectivity index (χ4v) is 8.25. The summed E-state index contributed by atoms with van der Waals surface area (Å²) in [6, 6.07) is 1.51. The van der Waals surface area contributed by atoms with E-state index in [9.17, 15) is 13.9 Å². The van der Waals surface area contributed by atoms with E-state index in [-0.39, 0.29) is 34.0 Å². The van der Waals surface area contributed by atoms with E-state index >= 15 is 8.78 Å². The molecule has 4 aromatic heterocycles. The third kappa shape index (κ3) is 5.56. The van der Waals surface area contributed by atoms with Crippen LogP contribution in [0.25, 0.3) is 22.3 Å². The second-order valence-corrected chi connectivity index (χ2v) is 15.9. The van der Waals surface area contributed by atoms with Crippen molar-refractivity contribution in [2.75, 3.05) is 24.7 Å². The highest BCUT2D eigenvalue weighted by Gasteiger charge is 2.54. The number of alkyl halides is 2. The topological polar surface area (TPSA) is 236 Å². The summed E-state index contributed by atoms with van der Waals surface area (Å²) >= 11 is 7.95. The van der Waals surface area contributed by atoms with Gasteiger partial charge in [0.2, 0.25) is 5.95 Å². The van der Waals surface area contributed by atoms with Gasteiger partial charge in [0.25, 0.3) is 5.56 Å². The quantitative estimate of drug-likeness (QED) is 0.148. The summed E-state index contributed by atoms with van der Waals surface area (Å²) in [6.45, 7) is -10.4. The number of halogens is 2. The fourth-order valence-electron chi connectivity index (χ4n) is 5.32. The van der Waals surface area contributed by atoms with Gasteiger partial charge in [-0.3, -0.25) is 37.0 Å². The van der Waals surface area contributed by atoms with Crippen molar-refractivity contribution in [2.45, 2.75) is 49.2 Å². The number of ether oxygens (including phenoxy) is 2. The molecule has 3 saturated heterocycles. The molecule has 0 aliphatic carbocycles. The number of imidazole rings is 2. The Morgan fingerprint density at radius 3 is 2.22 bits per heavy atom. The number of aromatic amines is 1. The number of nitrogens with zero attached hydrogens (tertiary/aromatic N) is 6. The average molecular weight is 710 g/mol. The van der Waals surface area contributed by atoms with Crippen LogP contribution in [0.2, 0.25) is 0 Å². The summed E-state index contributed by atoms with van der Waals surface area (Å²) in [5.74, 6) is -0.265. The highest BCUT2D eigenvalue weighted by molar-refractivity contribution is 8.44. The number of anilines is 2. The van der Waals surface area contributed by atoms with Crippen molar-refractivity contribution in [3.8, 4) is 0 Å². The van der Waals surface area contributed by atoms with Gasteiger partial charge in [-0.05, 0) is 6.07 Å². The predicted octanol–water partition coefficient (Wildman–Crippen LogP) is 2.09. The van der Waals surface area contributed by atoms with Crippen molar-refractivity contribution in [3.05, 3.63) is 35.3 Å². The van der Waals surface area contributed by atoms with Gasteiger partial charge in [-0.2, -0.15) is 4.98 Å². The Balaban J connectivity index is 1.21. The molecule has 5 N–H and O–H groups in total. The van der Waals surface area contributed by atoms with Crippen LogP contribution in [0.15, 0.2) is 29.7 Å². The van der Waals surface area contributed by atoms with Gasteiger partial charge in [0.1, 0.15) is 29.9 Å². The van der Waals surface area contributed by atoms with E-state index in [0.29, 0.717) is 0 Å². The first-order valence-corrected chi connectivity index (χ1v) is 18.4. The van der Waals surface area contributed by atoms with Crippen LogP contribution >= 0.6 is 38.1 Å². The predicted molar refractivity (Wildman–Crippen MR) is 157 cm³/mol. The molecule has 18 nitrogen and oxygen atoms in total. The van der Waals surface area contributed by atoms with Gasteiger partial charge in [-0.1, -0.05) is 24.5 Å². The van der Waals surface area contributed by atoms with E-state index in [0.717, 1.165) is 10.9 Å². The lowest BCUT2D eigenvalue weighted by molar-refractivity contribution is -0.0563. The van der Waals surface area contributed by atoms with Gasteiger partial charge in [0.05, 0.1) is 31.6 Å². The van der Waals surface area contributed by atoms with E-state index in [1.165, 1.54) is 23.2 Å². The van der Waals surface area contributed by atoms with Gasteiger partial charge in [-0.15, -0.1) is 0 Å². The van der Waals surface area contributed by atoms with Crippen LogP contribution in [0.1, 0.15) is 12.5 Å². The summed E-state index contributed by atoms with van der Waals surface area (Å²) in [5.41, 5.74) is 11.4. The van der Waals surface area contributed by atoms with Gasteiger partial charge in [-0.25, -0.2) is 32.9 Å². The monoisotopic (exact) mass is 709 g/mol. The lowest BCUT2D eigenvalue weighted by atomic mass is 10.1. The number of fused-ring (bicyclic) bond motifs is 5. The molecule has 10 atom stereocenters. The van der Waals surface area contributed by atoms with Gasteiger partial charge in [0.15, 0.2) is 41.6 Å². The van der Waals surface area contributed by atoms with E-state index < -0.39 is 81.6 Å². The molecule has 24 heteroatoms. The molecule has 0 saturated carbocycles. The van der Waals surface area contributed by atoms with Gasteiger partial charge < -0.3 is 20.9 Å². The van der Waals surface area contributed by atoms with Crippen molar-refractivity contribution in [2.24, 2.45) is 0 Å². The van der Waals surface area contributed by atoms with E-state index in [4.69, 9.17) is 39.0 Å². The summed E-state index contributed by atoms with van der Waals surface area (Å²) < 4.78 is 94.3. The number of nitrogens with two attached hydrogens (primary N) is 2. The van der Waals surface area contributed by atoms with Gasteiger partial charge in [0, 0.05) is 6.20 Å². The maximum Gasteiger partial charge on any atom is 0.386 e. The number of hydrogen-bond donors (Lipinski definition) is 5. The minimum absolute atomic E-state index is 0.103. The zero-order valence-electron chi connectivity index (χ0n) is 22.4. The number of nitrogen functional groups attached to an aromatic ring is 2. The van der Waals surface area contributed by atoms with Crippen LogP contribution in [0.3, 0.4) is 0 Å². The lowest BCUT2D eigenvalue weighted by Gasteiger charge is -2.26. The normalized spacial score (nSPS) is 37.7. The number of aromatic nitrogens is 7. The fraction of sp³-hybridized carbons (Fsp3) is 0.476. The van der Waals surface area contributed by atoms with Crippen LogP contribution < -0.4 is 17.0 Å². The van der Waals surface area contributed by atoms with Crippen molar-refractivity contribution in [1.29, 1.82) is 0 Å². The molecule has 3 aliphatic rings. The van der Waals surface area contributed by atoms with E-state index in [1.807, 2.05) is 0 Å². The van der Waals surface area contributed by atoms with Crippen LogP contribution in [0.4, 0.5) is 20.4 Å². The molecule has 1 unspecified atom stereocenters. The van der Waals surface area contributed by atoms with E-state index in [2.05, 4.69) is 49.4 Å². The first-order valence-electron chi connectivity index (χ1n) is 13.0. The Kier molecular flexibility index (Phi) is 7.75. The molecule has 0 aromatic carbocycles. The highest BCUT2D eigenvalue weighted by Crippen LogP contribution is 2.60. The number of pyridine rings is 1. The molecule has 0 radical (unpaired) electrons. The Bertz CT molecular complexity index is 1950. The Hall–Kier alpha value is -2.65. The summed E-state index contributed by atoms with van der Waals surface area (Å²) in [5, 5.41) is 0. The molecular weight excluding hydrogens is 686 g/mol. The lowest BCUT2D eigenvalue weighted by Crippen LogP contribution is -2.33. The number of thiol groups is 2. The zero-order valence-corrected chi connectivity index (χ0v) is 26.0. The zero-order chi connectivity index (χ0) is 31.8. The smallest absolute Gasteiger partial charge is 0.386 e. The third-order valence-electron chi connectivity index (χ3n) is 7.34. The molecular formula is C21H23F2N9O9P2S2. The summed E-state index contributed by atoms with van der Waals surface area (Å²) in [6.07, 6.45) is -9.61. The summed E-state index contributed by atoms with van der Waals surface area (Å²) in [4.78, 5) is 30.9. The Morgan fingerprint density at radius 1 is 0.867 bits per heavy atom. The maximum absolute atomic E-state index is 16.0. The van der Waals surface area contributed by atoms with Crippen molar-refractivity contribution < 1.29 is 45.5 Å². The number of rotatable bonds is 2. The largest absolute Gasteiger partial charge is 0.397 e. The number of hydrogen-bond acceptors (Lipinski definition) is 15. The second kappa shape index (κ2) is 11.3. The SMILES string of the molecule is Nc1nc2c(ncn2[C@@H]2O[C@@H]3COP(=O)(S)O[C@H]4[C@H](F)[C@H](n5cnc6c(N)ccnc65)O[C@@H]4CO[P@@](=O)(S)O[C@@H]2[C@H]3F)c(=O)[nH]1. The average Bonchev–Trinajstić information content (AvgIpc) is 3.72. The summed E-state index contributed by atoms with van der Waals surface area (Å²) in [7, 11) is 0. The highest BCUT2D eigenvalue weighted by atomic mass is 32.7. The molecule has 7 rings (SSSR count). The van der Waals surface area contributed by atoms with E-state index in [1.54, 1.807) is 0 Å². The molecule has 242 valence electrons. The third-order valence-corrected chi connectivity index (χ3v) is 10.6. The molecule has 3 aliphatic heterocycles. The molecule has 2 bridgehead atoms. The first-order chi connectivity index (χ1) is 21.3. The minimum atomic E-state index is -4.49. The van der Waals surface area contributed by atoms with Gasteiger partial charge >= 0.3 is 13.6 Å². The molecule has 7 heterocycles. The maximum atomic E-state index is 16.0. The standard InChI is InChI=1S/C21H23F2N9O9P2S2/c22-10-8-3-36-42(34,44)40-14-9(39-19(11(14)23)31-5-27-12-7(24)1-2-26-16(12)31)4-37-43(35,45)41-15(10)20(38-8)32-6-28-13-17(32)29-21(25)30-18(13)33/h1-2,5-6,8-11,14-15,19-20H,3-4H2,(H2,24,26)(H,34,44)(H,35,45)(H3,25,29,30,33)/t8-,9-,10+,11+,14-,15-,19-,20-,42?,43-/m1/s1. The van der Waals surface area contributed by atoms with Crippen LogP contribution in [0, 0.1) is 0 Å². The van der Waals surface area contributed by atoms with Crippen molar-refractivity contribution >= 4 is 72.1 Å². The number of H-pyrrole nitrogens is 1. The molecule has 45 heavy (non-hydrogen) atoms. The van der Waals surface area contributed by atoms with Crippen molar-refractivity contribution in [3.63, 3.8) is 0 Å². The Labute approximate surface area is 260 Å². The first kappa shape index (κ1) is 31.0.